The van der Waals surface area contributed by atoms with Gasteiger partial charge in [-0.3, -0.25) is 19.4 Å². The number of hydrogen-bond acceptors (Lipinski definition) is 5. The molecule has 29 heavy (non-hydrogen) atoms. The lowest BCUT2D eigenvalue weighted by Crippen LogP contribution is -2.25. The molecule has 0 unspecified atom stereocenters. The maximum atomic E-state index is 12.4. The van der Waals surface area contributed by atoms with E-state index in [0.29, 0.717) is 12.1 Å². The number of pyridine rings is 2. The van der Waals surface area contributed by atoms with Crippen molar-refractivity contribution < 1.29 is 4.79 Å². The van der Waals surface area contributed by atoms with Gasteiger partial charge in [-0.25, -0.2) is 4.98 Å². The SMILES string of the molecule is Cc1nc(C)n(CCCNC(=O)c2ccc(-c3nccc4ncccc34)cc2)n1. The zero-order chi connectivity index (χ0) is 20.2. The van der Waals surface area contributed by atoms with Crippen LogP contribution in [0.4, 0.5) is 0 Å². The number of carbonyl (C=O) groups is 1. The highest BCUT2D eigenvalue weighted by molar-refractivity contribution is 5.96. The van der Waals surface area contributed by atoms with Gasteiger partial charge >= 0.3 is 0 Å². The van der Waals surface area contributed by atoms with Gasteiger partial charge < -0.3 is 5.32 Å². The van der Waals surface area contributed by atoms with E-state index in [0.717, 1.165) is 46.8 Å². The number of nitrogens with zero attached hydrogens (tertiary/aromatic N) is 5. The molecule has 3 aromatic heterocycles. The molecule has 0 aliphatic rings. The van der Waals surface area contributed by atoms with Crippen molar-refractivity contribution in [2.75, 3.05) is 6.54 Å². The van der Waals surface area contributed by atoms with Gasteiger partial charge in [0.05, 0.1) is 11.2 Å². The third kappa shape index (κ3) is 4.13. The third-order valence-electron chi connectivity index (χ3n) is 4.75. The highest BCUT2D eigenvalue weighted by Crippen LogP contribution is 2.25. The molecule has 4 aromatic rings. The molecule has 7 heteroatoms. The summed E-state index contributed by atoms with van der Waals surface area (Å²) in [5, 5.41) is 8.28. The Labute approximate surface area is 168 Å². The Morgan fingerprint density at radius 1 is 1.03 bits per heavy atom. The van der Waals surface area contributed by atoms with Crippen LogP contribution in [0.25, 0.3) is 22.2 Å². The number of carbonyl (C=O) groups excluding carboxylic acids is 1. The van der Waals surface area contributed by atoms with Crippen molar-refractivity contribution in [2.24, 2.45) is 0 Å². The van der Waals surface area contributed by atoms with Crippen molar-refractivity contribution in [3.05, 3.63) is 72.1 Å². The number of nitrogens with one attached hydrogen (secondary N) is 1. The van der Waals surface area contributed by atoms with Crippen LogP contribution in [0.3, 0.4) is 0 Å². The van der Waals surface area contributed by atoms with Crippen molar-refractivity contribution in [1.82, 2.24) is 30.0 Å². The summed E-state index contributed by atoms with van der Waals surface area (Å²) in [5.74, 6) is 1.57. The van der Waals surface area contributed by atoms with Crippen LogP contribution in [0.5, 0.6) is 0 Å². The zero-order valence-electron chi connectivity index (χ0n) is 16.5. The topological polar surface area (TPSA) is 85.6 Å². The molecule has 146 valence electrons. The second kappa shape index (κ2) is 8.18. The van der Waals surface area contributed by atoms with Crippen molar-refractivity contribution in [3.8, 4) is 11.3 Å². The van der Waals surface area contributed by atoms with E-state index >= 15 is 0 Å². The summed E-state index contributed by atoms with van der Waals surface area (Å²) in [4.78, 5) is 25.6. The Bertz CT molecular complexity index is 1140. The third-order valence-corrected chi connectivity index (χ3v) is 4.75. The average Bonchev–Trinajstić information content (AvgIpc) is 3.07. The Morgan fingerprint density at radius 2 is 1.86 bits per heavy atom. The minimum Gasteiger partial charge on any atom is -0.352 e. The minimum atomic E-state index is -0.0874. The predicted octanol–water partition coefficient (Wildman–Crippen LogP) is 3.33. The van der Waals surface area contributed by atoms with E-state index in [4.69, 9.17) is 0 Å². The monoisotopic (exact) mass is 386 g/mol. The number of rotatable bonds is 6. The van der Waals surface area contributed by atoms with Crippen LogP contribution in [-0.4, -0.2) is 37.2 Å². The van der Waals surface area contributed by atoms with Gasteiger partial charge in [0.2, 0.25) is 0 Å². The smallest absolute Gasteiger partial charge is 0.251 e. The number of aromatic nitrogens is 5. The molecule has 0 saturated heterocycles. The first-order chi connectivity index (χ1) is 14.1. The number of benzene rings is 1. The molecule has 0 fully saturated rings. The minimum absolute atomic E-state index is 0.0874. The zero-order valence-corrected chi connectivity index (χ0v) is 16.5. The largest absolute Gasteiger partial charge is 0.352 e. The number of amides is 1. The molecular weight excluding hydrogens is 364 g/mol. The Morgan fingerprint density at radius 3 is 2.62 bits per heavy atom. The lowest BCUT2D eigenvalue weighted by Gasteiger charge is -2.08. The Kier molecular flexibility index (Phi) is 5.29. The molecule has 1 N–H and O–H groups in total. The highest BCUT2D eigenvalue weighted by Gasteiger charge is 2.09. The molecule has 4 rings (SSSR count). The van der Waals surface area contributed by atoms with E-state index in [1.165, 1.54) is 0 Å². The van der Waals surface area contributed by atoms with Crippen molar-refractivity contribution in [2.45, 2.75) is 26.8 Å². The van der Waals surface area contributed by atoms with Crippen LogP contribution in [-0.2, 0) is 6.54 Å². The standard InChI is InChI=1S/C22H22N6O/c1-15-26-16(2)28(27-15)14-4-12-25-22(29)18-8-6-17(7-9-18)21-19-5-3-11-23-20(19)10-13-24-21/h3,5-11,13H,4,12,14H2,1-2H3,(H,25,29). The van der Waals surface area contributed by atoms with Gasteiger partial charge in [0, 0.05) is 42.0 Å². The fraction of sp³-hybridized carbons (Fsp3) is 0.227. The molecule has 0 saturated carbocycles. The van der Waals surface area contributed by atoms with Gasteiger partial charge in [0.1, 0.15) is 11.6 Å². The Balaban J connectivity index is 1.38. The number of hydrogen-bond donors (Lipinski definition) is 1. The molecular formula is C22H22N6O. The van der Waals surface area contributed by atoms with E-state index in [-0.39, 0.29) is 5.91 Å². The molecule has 1 amide bonds. The van der Waals surface area contributed by atoms with E-state index in [2.05, 4.69) is 25.4 Å². The van der Waals surface area contributed by atoms with Gasteiger partial charge in [0.25, 0.3) is 5.91 Å². The molecule has 3 heterocycles. The molecule has 0 aliphatic carbocycles. The second-order valence-corrected chi connectivity index (χ2v) is 6.85. The molecule has 0 bridgehead atoms. The van der Waals surface area contributed by atoms with Crippen LogP contribution >= 0.6 is 0 Å². The first-order valence-corrected chi connectivity index (χ1v) is 9.58. The predicted molar refractivity (Wildman–Crippen MR) is 111 cm³/mol. The number of aryl methyl sites for hydroxylation is 3. The van der Waals surface area contributed by atoms with Crippen LogP contribution in [0.1, 0.15) is 28.4 Å². The summed E-state index contributed by atoms with van der Waals surface area (Å²) in [6.45, 7) is 5.11. The first kappa shape index (κ1) is 18.7. The summed E-state index contributed by atoms with van der Waals surface area (Å²) in [7, 11) is 0. The van der Waals surface area contributed by atoms with E-state index in [9.17, 15) is 4.79 Å². The summed E-state index contributed by atoms with van der Waals surface area (Å²) >= 11 is 0. The van der Waals surface area contributed by atoms with Gasteiger partial charge in [-0.15, -0.1) is 0 Å². The summed E-state index contributed by atoms with van der Waals surface area (Å²) in [6.07, 6.45) is 4.31. The van der Waals surface area contributed by atoms with Gasteiger partial charge in [-0.05, 0) is 50.6 Å². The van der Waals surface area contributed by atoms with Crippen molar-refractivity contribution >= 4 is 16.8 Å². The molecule has 0 radical (unpaired) electrons. The van der Waals surface area contributed by atoms with E-state index < -0.39 is 0 Å². The summed E-state index contributed by atoms with van der Waals surface area (Å²) in [6, 6.07) is 13.3. The fourth-order valence-corrected chi connectivity index (χ4v) is 3.32. The molecule has 0 atom stereocenters. The summed E-state index contributed by atoms with van der Waals surface area (Å²) < 4.78 is 1.86. The van der Waals surface area contributed by atoms with E-state index in [1.54, 1.807) is 12.4 Å². The van der Waals surface area contributed by atoms with Crippen LogP contribution in [0, 0.1) is 13.8 Å². The molecule has 0 aliphatic heterocycles. The van der Waals surface area contributed by atoms with E-state index in [1.807, 2.05) is 61.0 Å². The normalized spacial score (nSPS) is 11.0. The van der Waals surface area contributed by atoms with Crippen LogP contribution < -0.4 is 5.32 Å². The summed E-state index contributed by atoms with van der Waals surface area (Å²) in [5.41, 5.74) is 3.34. The van der Waals surface area contributed by atoms with Crippen molar-refractivity contribution in [3.63, 3.8) is 0 Å². The van der Waals surface area contributed by atoms with Gasteiger partial charge in [-0.2, -0.15) is 5.10 Å². The molecule has 7 nitrogen and oxygen atoms in total. The van der Waals surface area contributed by atoms with Crippen molar-refractivity contribution in [1.29, 1.82) is 0 Å². The lowest BCUT2D eigenvalue weighted by molar-refractivity contribution is 0.0952. The lowest BCUT2D eigenvalue weighted by atomic mass is 10.0. The van der Waals surface area contributed by atoms with Gasteiger partial charge in [-0.1, -0.05) is 12.1 Å². The molecule has 1 aromatic carbocycles. The molecule has 0 spiro atoms. The quantitative estimate of drug-likeness (QED) is 0.514. The first-order valence-electron chi connectivity index (χ1n) is 9.58. The fourth-order valence-electron chi connectivity index (χ4n) is 3.32. The van der Waals surface area contributed by atoms with Crippen LogP contribution in [0.2, 0.25) is 0 Å². The Hall–Kier alpha value is -3.61. The van der Waals surface area contributed by atoms with Crippen LogP contribution in [0.15, 0.2) is 54.9 Å². The average molecular weight is 386 g/mol. The van der Waals surface area contributed by atoms with Gasteiger partial charge in [0.15, 0.2) is 0 Å². The highest BCUT2D eigenvalue weighted by atomic mass is 16.1. The maximum absolute atomic E-state index is 12.4. The maximum Gasteiger partial charge on any atom is 0.251 e. The number of fused-ring (bicyclic) bond motifs is 1. The second-order valence-electron chi connectivity index (χ2n) is 6.85.